The molecule has 366 valence electrons. The van der Waals surface area contributed by atoms with E-state index in [0.29, 0.717) is 25.4 Å². The zero-order chi connectivity index (χ0) is 46.3. The number of fused-ring (bicyclic) bond motifs is 4. The molecule has 0 unspecified atom stereocenters. The highest BCUT2D eigenvalue weighted by molar-refractivity contribution is 5.26. The fourth-order valence-corrected chi connectivity index (χ4v) is 15.8. The van der Waals surface area contributed by atoms with E-state index in [9.17, 15) is 46.0 Å². The van der Waals surface area contributed by atoms with Gasteiger partial charge in [0.05, 0.1) is 43.7 Å². The van der Waals surface area contributed by atoms with Crippen molar-refractivity contribution in [1.29, 1.82) is 0 Å². The molecule has 9 N–H and O–H groups in total. The zero-order valence-corrected chi connectivity index (χ0v) is 38.7. The Kier molecular flexibility index (Phi) is 12.5. The lowest BCUT2D eigenvalue weighted by atomic mass is 9.35. The van der Waals surface area contributed by atoms with Gasteiger partial charge in [-0.2, -0.15) is 0 Å². The van der Waals surface area contributed by atoms with Gasteiger partial charge in [0.15, 0.2) is 24.7 Å². The highest BCUT2D eigenvalue weighted by atomic mass is 16.8. The molecule has 9 rings (SSSR count). The van der Waals surface area contributed by atoms with Gasteiger partial charge in [-0.05, 0) is 100 Å². The van der Waals surface area contributed by atoms with Gasteiger partial charge in [0.2, 0.25) is 0 Å². The molecule has 0 amide bonds. The Morgan fingerprint density at radius 1 is 0.734 bits per heavy atom. The van der Waals surface area contributed by atoms with Gasteiger partial charge in [-0.25, -0.2) is 0 Å². The van der Waals surface area contributed by atoms with Gasteiger partial charge < -0.3 is 83.9 Å². The summed E-state index contributed by atoms with van der Waals surface area (Å²) in [7, 11) is 0. The summed E-state index contributed by atoms with van der Waals surface area (Å²) in [5, 5.41) is 97.7. The molecule has 5 saturated heterocycles. The third-order valence-corrected chi connectivity index (χ3v) is 18.7. The van der Waals surface area contributed by atoms with E-state index in [4.69, 9.17) is 37.9 Å². The zero-order valence-electron chi connectivity index (χ0n) is 38.7. The maximum Gasteiger partial charge on any atom is 0.187 e. The highest BCUT2D eigenvalue weighted by Crippen LogP contribution is 2.80. The topological polar surface area (TPSA) is 256 Å². The standard InChI is InChI=1S/C47H76O17/c1-21(2)15-23-16-45(8,56)38-24-9-10-28-43(6)13-12-29(42(4,5)27(43)11-14-44(28,7)46(24)19-47(38,64-23)58-20-46)61-41-37(63-39-34(54)32(52)30(50)22(3)59-39)36(25(49)18-57-41)62-40-35(55)33(53)31(51)26(17-48)60-40/h15,22-41,48-56H,9-14,16-20H2,1-8H3/t22-,23+,24+,25-,26+,27-,28+,29-,30-,31+,32+,33-,34-,35+,36-,37+,38+,39-,40-,41-,43-,44+,45+,46-,47-/m0/s1. The van der Waals surface area contributed by atoms with E-state index in [0.717, 1.165) is 44.1 Å². The van der Waals surface area contributed by atoms with Crippen molar-refractivity contribution >= 4 is 0 Å². The average molecular weight is 913 g/mol. The average Bonchev–Trinajstić information content (AvgIpc) is 3.74. The van der Waals surface area contributed by atoms with Crippen molar-refractivity contribution in [2.45, 2.75) is 216 Å². The number of rotatable bonds is 8. The van der Waals surface area contributed by atoms with Crippen molar-refractivity contribution in [2.75, 3.05) is 19.8 Å². The quantitative estimate of drug-likeness (QED) is 0.122. The maximum atomic E-state index is 12.2. The maximum absolute atomic E-state index is 12.2. The van der Waals surface area contributed by atoms with Crippen molar-refractivity contribution < 1.29 is 83.9 Å². The summed E-state index contributed by atoms with van der Waals surface area (Å²) < 4.78 is 51.0. The number of hydrogen-bond donors (Lipinski definition) is 9. The van der Waals surface area contributed by atoms with Crippen molar-refractivity contribution in [2.24, 2.45) is 45.3 Å². The van der Waals surface area contributed by atoms with Crippen LogP contribution in [0.15, 0.2) is 11.6 Å². The van der Waals surface area contributed by atoms with Crippen LogP contribution < -0.4 is 0 Å². The van der Waals surface area contributed by atoms with Gasteiger partial charge in [0, 0.05) is 24.2 Å². The summed E-state index contributed by atoms with van der Waals surface area (Å²) >= 11 is 0. The van der Waals surface area contributed by atoms with E-state index in [1.54, 1.807) is 0 Å². The lowest BCUT2D eigenvalue weighted by Gasteiger charge is -2.70. The van der Waals surface area contributed by atoms with Crippen LogP contribution in [0.5, 0.6) is 0 Å². The molecule has 2 spiro atoms. The van der Waals surface area contributed by atoms with Crippen LogP contribution in [0.2, 0.25) is 0 Å². The summed E-state index contributed by atoms with van der Waals surface area (Å²) in [6, 6.07) is 0. The second-order valence-corrected chi connectivity index (χ2v) is 23.0. The van der Waals surface area contributed by atoms with Gasteiger partial charge in [-0.15, -0.1) is 0 Å². The second-order valence-electron chi connectivity index (χ2n) is 23.0. The van der Waals surface area contributed by atoms with E-state index >= 15 is 0 Å². The van der Waals surface area contributed by atoms with E-state index in [2.05, 4.69) is 47.6 Å². The molecule has 0 aromatic rings. The summed E-state index contributed by atoms with van der Waals surface area (Å²) in [5.41, 5.74) is -0.471. The molecule has 2 bridgehead atoms. The summed E-state index contributed by atoms with van der Waals surface area (Å²) in [5.74, 6) is -0.0364. The normalized spacial score (nSPS) is 57.8. The molecule has 9 fully saturated rings. The molecule has 0 aromatic carbocycles. The summed E-state index contributed by atoms with van der Waals surface area (Å²) in [6.07, 6.45) is -12.6. The van der Waals surface area contributed by atoms with Crippen LogP contribution in [0.1, 0.15) is 107 Å². The van der Waals surface area contributed by atoms with Crippen LogP contribution in [0, 0.1) is 45.3 Å². The minimum Gasteiger partial charge on any atom is -0.394 e. The molecule has 64 heavy (non-hydrogen) atoms. The highest BCUT2D eigenvalue weighted by Gasteiger charge is 2.81. The molecule has 17 nitrogen and oxygen atoms in total. The molecule has 0 aromatic heterocycles. The Balaban J connectivity index is 0.974. The Hall–Kier alpha value is -0.940. The van der Waals surface area contributed by atoms with Crippen LogP contribution in [-0.2, 0) is 37.9 Å². The third-order valence-electron chi connectivity index (χ3n) is 18.7. The monoisotopic (exact) mass is 913 g/mol. The predicted molar refractivity (Wildman–Crippen MR) is 223 cm³/mol. The van der Waals surface area contributed by atoms with Crippen LogP contribution in [-0.4, -0.2) is 175 Å². The van der Waals surface area contributed by atoms with Gasteiger partial charge in [-0.1, -0.05) is 39.3 Å². The van der Waals surface area contributed by atoms with Gasteiger partial charge in [-0.3, -0.25) is 0 Å². The number of allylic oxidation sites excluding steroid dienone is 1. The first-order chi connectivity index (χ1) is 29.9. The minimum atomic E-state index is -1.79. The molecular weight excluding hydrogens is 836 g/mol. The molecule has 0 radical (unpaired) electrons. The molecule has 17 heteroatoms. The Labute approximate surface area is 376 Å². The largest absolute Gasteiger partial charge is 0.394 e. The molecular formula is C47H76O17. The van der Waals surface area contributed by atoms with Gasteiger partial charge >= 0.3 is 0 Å². The first-order valence-electron chi connectivity index (χ1n) is 23.9. The molecule has 5 heterocycles. The number of hydrogen-bond acceptors (Lipinski definition) is 17. The number of aliphatic hydroxyl groups is 9. The van der Waals surface area contributed by atoms with Gasteiger partial charge in [0.1, 0.15) is 61.0 Å². The molecule has 9 aliphatic rings. The fourth-order valence-electron chi connectivity index (χ4n) is 15.8. The minimum absolute atomic E-state index is 0.0656. The molecule has 4 saturated carbocycles. The van der Waals surface area contributed by atoms with Crippen molar-refractivity contribution in [3.8, 4) is 0 Å². The first kappa shape index (κ1) is 48.1. The predicted octanol–water partition coefficient (Wildman–Crippen LogP) is 0.994. The van der Waals surface area contributed by atoms with E-state index in [1.807, 2.05) is 6.92 Å². The van der Waals surface area contributed by atoms with Crippen molar-refractivity contribution in [3.05, 3.63) is 11.6 Å². The third kappa shape index (κ3) is 7.19. The molecule has 5 aliphatic heterocycles. The van der Waals surface area contributed by atoms with E-state index in [1.165, 1.54) is 6.92 Å². The van der Waals surface area contributed by atoms with E-state index < -0.39 is 116 Å². The van der Waals surface area contributed by atoms with Crippen LogP contribution in [0.3, 0.4) is 0 Å². The first-order valence-corrected chi connectivity index (χ1v) is 23.9. The Morgan fingerprint density at radius 2 is 1.41 bits per heavy atom. The van der Waals surface area contributed by atoms with Crippen LogP contribution >= 0.6 is 0 Å². The van der Waals surface area contributed by atoms with Crippen molar-refractivity contribution in [3.63, 3.8) is 0 Å². The number of aliphatic hydroxyl groups excluding tert-OH is 8. The molecule has 25 atom stereocenters. The fraction of sp³-hybridized carbons (Fsp3) is 0.957. The Bertz CT molecular complexity index is 1740. The SMILES string of the molecule is CC(C)=C[C@@H]1C[C@@](C)(O)[C@H]2[C@H]3CC[C@@H]4[C@@]5(C)CC[C@H](O[C@@H]6OC[C@H](O)[C@H](O[C@@H]7O[C@H](CO)[C@@H](O)[C@H](O)[C@H]7O)[C@H]6O[C@@H]6O[C@@H](C)[C@H](O)[C@@H](O)[C@@H]6O)C(C)(C)[C@@H]5CC[C@@]4(C)[C@@]34CO[C@@]2(C4)O1. The van der Waals surface area contributed by atoms with E-state index in [-0.39, 0.29) is 46.7 Å². The summed E-state index contributed by atoms with van der Waals surface area (Å²) in [6.45, 7) is 16.7. The van der Waals surface area contributed by atoms with Gasteiger partial charge in [0.25, 0.3) is 0 Å². The van der Waals surface area contributed by atoms with Crippen molar-refractivity contribution in [1.82, 2.24) is 0 Å². The van der Waals surface area contributed by atoms with Crippen LogP contribution in [0.25, 0.3) is 0 Å². The lowest BCUT2D eigenvalue weighted by molar-refractivity contribution is -0.388. The molecule has 4 aliphatic carbocycles. The second kappa shape index (κ2) is 16.6. The Morgan fingerprint density at radius 3 is 2.09 bits per heavy atom. The smallest absolute Gasteiger partial charge is 0.187 e. The summed E-state index contributed by atoms with van der Waals surface area (Å²) in [4.78, 5) is 0. The number of ether oxygens (including phenoxy) is 8. The van der Waals surface area contributed by atoms with Crippen LogP contribution in [0.4, 0.5) is 0 Å². The lowest BCUT2D eigenvalue weighted by Crippen LogP contribution is -2.68.